The number of ether oxygens (including phenoxy) is 2. The van der Waals surface area contributed by atoms with Gasteiger partial charge in [0.25, 0.3) is 0 Å². The molecule has 3 unspecified atom stereocenters. The van der Waals surface area contributed by atoms with Crippen LogP contribution in [0.4, 0.5) is 0 Å². The molecule has 5 heteroatoms. The second kappa shape index (κ2) is 13.3. The summed E-state index contributed by atoms with van der Waals surface area (Å²) < 4.78 is 11.8. The van der Waals surface area contributed by atoms with Crippen molar-refractivity contribution >= 4 is 5.91 Å². The molecule has 1 amide bonds. The molecule has 0 saturated heterocycles. The number of hydrogen-bond acceptors (Lipinski definition) is 4. The molecule has 33 heavy (non-hydrogen) atoms. The van der Waals surface area contributed by atoms with E-state index in [2.05, 4.69) is 83.4 Å². The normalized spacial score (nSPS) is 18.8. The van der Waals surface area contributed by atoms with E-state index in [1.165, 1.54) is 6.42 Å². The highest BCUT2D eigenvalue weighted by Gasteiger charge is 2.27. The third-order valence-corrected chi connectivity index (χ3v) is 5.84. The van der Waals surface area contributed by atoms with Crippen LogP contribution < -0.4 is 10.6 Å². The van der Waals surface area contributed by atoms with E-state index in [4.69, 9.17) is 9.47 Å². The molecule has 3 atom stereocenters. The summed E-state index contributed by atoms with van der Waals surface area (Å²) in [4.78, 5) is 12.3. The van der Waals surface area contributed by atoms with Gasteiger partial charge < -0.3 is 20.1 Å². The molecule has 0 saturated carbocycles. The second-order valence-corrected chi connectivity index (χ2v) is 11.8. The lowest BCUT2D eigenvalue weighted by Crippen LogP contribution is -2.54. The summed E-state index contributed by atoms with van der Waals surface area (Å²) in [5, 5.41) is 6.24. The maximum Gasteiger partial charge on any atom is 0.239 e. The van der Waals surface area contributed by atoms with Crippen molar-refractivity contribution in [2.75, 3.05) is 19.7 Å². The Bertz CT molecular complexity index is 684. The number of carbonyl (C=O) groups excluding carboxylic acids is 1. The van der Waals surface area contributed by atoms with E-state index < -0.39 is 5.54 Å². The van der Waals surface area contributed by atoms with Crippen molar-refractivity contribution in [1.29, 1.82) is 0 Å². The predicted octanol–water partition coefficient (Wildman–Crippen LogP) is 5.84. The molecule has 0 radical (unpaired) electrons. The number of rotatable bonds is 13. The van der Waals surface area contributed by atoms with Crippen LogP contribution in [0.5, 0.6) is 0 Å². The number of carbonyl (C=O) groups is 1. The van der Waals surface area contributed by atoms with Gasteiger partial charge in [-0.1, -0.05) is 66.7 Å². The van der Waals surface area contributed by atoms with Crippen molar-refractivity contribution in [3.05, 3.63) is 36.1 Å². The quantitative estimate of drug-likeness (QED) is 0.267. The highest BCUT2D eigenvalue weighted by Crippen LogP contribution is 2.36. The Hall–Kier alpha value is -1.59. The first-order chi connectivity index (χ1) is 15.2. The minimum Gasteiger partial charge on any atom is -0.465 e. The minimum atomic E-state index is -0.644. The Morgan fingerprint density at radius 3 is 2.30 bits per heavy atom. The van der Waals surface area contributed by atoms with Crippen LogP contribution in [-0.4, -0.2) is 37.4 Å². The van der Waals surface area contributed by atoms with Crippen molar-refractivity contribution in [3.63, 3.8) is 0 Å². The van der Waals surface area contributed by atoms with Gasteiger partial charge in [-0.05, 0) is 68.4 Å². The molecule has 0 bridgehead atoms. The Kier molecular flexibility index (Phi) is 11.9. The van der Waals surface area contributed by atoms with Crippen LogP contribution in [0.3, 0.4) is 0 Å². The molecule has 190 valence electrons. The predicted molar refractivity (Wildman–Crippen MR) is 139 cm³/mol. The van der Waals surface area contributed by atoms with Crippen LogP contribution in [0.25, 0.3) is 0 Å². The lowest BCUT2D eigenvalue weighted by molar-refractivity contribution is -0.127. The Labute approximate surface area is 203 Å². The third-order valence-electron chi connectivity index (χ3n) is 5.84. The molecule has 2 N–H and O–H groups in total. The fraction of sp³-hybridized carbons (Fsp3) is 0.750. The highest BCUT2D eigenvalue weighted by molar-refractivity contribution is 5.85. The molecule has 1 rings (SSSR count). The maximum atomic E-state index is 12.3. The van der Waals surface area contributed by atoms with Gasteiger partial charge in [-0.25, -0.2) is 0 Å². The Morgan fingerprint density at radius 1 is 1.06 bits per heavy atom. The van der Waals surface area contributed by atoms with E-state index in [1.54, 1.807) is 0 Å². The van der Waals surface area contributed by atoms with Crippen LogP contribution in [-0.2, 0) is 14.3 Å². The van der Waals surface area contributed by atoms with Crippen LogP contribution in [0.2, 0.25) is 0 Å². The molecule has 0 heterocycles. The first kappa shape index (κ1) is 29.4. The monoisotopic (exact) mass is 462 g/mol. The van der Waals surface area contributed by atoms with Gasteiger partial charge in [0.1, 0.15) is 5.76 Å². The van der Waals surface area contributed by atoms with E-state index >= 15 is 0 Å². The number of amides is 1. The van der Waals surface area contributed by atoms with Gasteiger partial charge in [0, 0.05) is 13.1 Å². The van der Waals surface area contributed by atoms with Crippen LogP contribution in [0, 0.1) is 29.1 Å². The third kappa shape index (κ3) is 11.9. The molecular weight excluding hydrogens is 412 g/mol. The average Bonchev–Trinajstić information content (AvgIpc) is 2.92. The van der Waals surface area contributed by atoms with Crippen molar-refractivity contribution in [3.8, 4) is 0 Å². The van der Waals surface area contributed by atoms with Gasteiger partial charge in [0.2, 0.25) is 5.91 Å². The second-order valence-electron chi connectivity index (χ2n) is 11.8. The van der Waals surface area contributed by atoms with E-state index in [-0.39, 0.29) is 12.2 Å². The fourth-order valence-corrected chi connectivity index (χ4v) is 3.90. The zero-order chi connectivity index (χ0) is 25.2. The lowest BCUT2D eigenvalue weighted by Gasteiger charge is -2.32. The molecule has 0 aliphatic heterocycles. The fourth-order valence-electron chi connectivity index (χ4n) is 3.90. The van der Waals surface area contributed by atoms with Crippen LogP contribution >= 0.6 is 0 Å². The summed E-state index contributed by atoms with van der Waals surface area (Å²) >= 11 is 0. The largest absolute Gasteiger partial charge is 0.465 e. The van der Waals surface area contributed by atoms with Gasteiger partial charge in [-0.2, -0.15) is 0 Å². The van der Waals surface area contributed by atoms with E-state index in [9.17, 15) is 4.79 Å². The molecule has 0 aromatic heterocycles. The van der Waals surface area contributed by atoms with Crippen LogP contribution in [0.1, 0.15) is 75.7 Å². The minimum absolute atomic E-state index is 0.00162. The van der Waals surface area contributed by atoms with Gasteiger partial charge >= 0.3 is 0 Å². The first-order valence-electron chi connectivity index (χ1n) is 12.6. The Balaban J connectivity index is 2.49. The summed E-state index contributed by atoms with van der Waals surface area (Å²) in [5.74, 6) is 2.83. The van der Waals surface area contributed by atoms with Crippen molar-refractivity contribution in [2.45, 2.75) is 87.5 Å². The first-order valence-corrected chi connectivity index (χ1v) is 12.6. The summed E-state index contributed by atoms with van der Waals surface area (Å²) in [5.41, 5.74) is -0.343. The molecule has 0 fully saturated rings. The topological polar surface area (TPSA) is 59.6 Å². The molecule has 0 spiro atoms. The lowest BCUT2D eigenvalue weighted by atomic mass is 9.73. The number of hydrogen-bond donors (Lipinski definition) is 2. The SMILES string of the molecule is CC(C)CNC(=O)C(C)(C)NCCOC(C)OC1=CC=CC(C(CC(C)(C)C)C(C)C)C=C1. The number of allylic oxidation sites excluding steroid dienone is 5. The summed E-state index contributed by atoms with van der Waals surface area (Å²) in [6, 6.07) is 0. The average molecular weight is 463 g/mol. The van der Waals surface area contributed by atoms with Crippen molar-refractivity contribution < 1.29 is 14.3 Å². The van der Waals surface area contributed by atoms with Crippen molar-refractivity contribution in [2.24, 2.45) is 29.1 Å². The van der Waals surface area contributed by atoms with Gasteiger partial charge in [-0.3, -0.25) is 4.79 Å². The molecule has 0 aromatic carbocycles. The zero-order valence-electron chi connectivity index (χ0n) is 22.8. The molecular formula is C28H50N2O3. The molecule has 1 aliphatic carbocycles. The van der Waals surface area contributed by atoms with Crippen LogP contribution in [0.15, 0.2) is 36.1 Å². The summed E-state index contributed by atoms with van der Waals surface area (Å²) in [6.45, 7) is 23.1. The Morgan fingerprint density at radius 2 is 1.73 bits per heavy atom. The molecule has 0 aromatic rings. The zero-order valence-corrected chi connectivity index (χ0v) is 22.8. The van der Waals surface area contributed by atoms with Crippen molar-refractivity contribution in [1.82, 2.24) is 10.6 Å². The highest BCUT2D eigenvalue weighted by atomic mass is 16.7. The maximum absolute atomic E-state index is 12.3. The standard InChI is InChI=1S/C28H50N2O3/c1-20(2)19-29-26(31)28(9,10)30-16-17-32-22(5)33-24-13-11-12-23(14-15-24)25(21(3)4)18-27(6,7)8/h11-15,20-23,25,30H,16-19H2,1-10H3,(H,29,31). The number of nitrogens with one attached hydrogen (secondary N) is 2. The smallest absolute Gasteiger partial charge is 0.239 e. The van der Waals surface area contributed by atoms with E-state index in [0.717, 1.165) is 5.76 Å². The summed E-state index contributed by atoms with van der Waals surface area (Å²) in [6.07, 6.45) is 11.5. The van der Waals surface area contributed by atoms with E-state index in [1.807, 2.05) is 26.8 Å². The van der Waals surface area contributed by atoms with E-state index in [0.29, 0.717) is 48.8 Å². The van der Waals surface area contributed by atoms with Gasteiger partial charge in [-0.15, -0.1) is 0 Å². The van der Waals surface area contributed by atoms with Gasteiger partial charge in [0.05, 0.1) is 12.1 Å². The molecule has 1 aliphatic rings. The molecule has 5 nitrogen and oxygen atoms in total. The summed E-state index contributed by atoms with van der Waals surface area (Å²) in [7, 11) is 0. The van der Waals surface area contributed by atoms with Gasteiger partial charge in [0.15, 0.2) is 6.29 Å².